The Labute approximate surface area is 227 Å². The van der Waals surface area contributed by atoms with Crippen molar-refractivity contribution in [1.29, 1.82) is 0 Å². The van der Waals surface area contributed by atoms with E-state index in [-0.39, 0.29) is 39.7 Å². The summed E-state index contributed by atoms with van der Waals surface area (Å²) in [4.78, 5) is 23.6. The molecule has 0 fully saturated rings. The summed E-state index contributed by atoms with van der Waals surface area (Å²) in [5.41, 5.74) is 4.30. The van der Waals surface area contributed by atoms with Gasteiger partial charge in [-0.1, -0.05) is 48.0 Å². The number of halogens is 2. The number of carboxylic acids is 1. The van der Waals surface area contributed by atoms with Crippen LogP contribution in [0.25, 0.3) is 22.4 Å². The Balaban J connectivity index is 1.58. The average Bonchev–Trinajstić information content (AvgIpc) is 3.30. The zero-order chi connectivity index (χ0) is 28.4. The van der Waals surface area contributed by atoms with Crippen LogP contribution in [0.5, 0.6) is 0 Å². The van der Waals surface area contributed by atoms with E-state index >= 15 is 0 Å². The highest BCUT2D eigenvalue weighted by molar-refractivity contribution is 7.90. The molecule has 0 unspecified atom stereocenters. The van der Waals surface area contributed by atoms with Gasteiger partial charge in [0, 0.05) is 23.7 Å². The number of aliphatic carboxylic acids is 1. The van der Waals surface area contributed by atoms with Crippen LogP contribution in [0.3, 0.4) is 0 Å². The molecule has 0 saturated carbocycles. The van der Waals surface area contributed by atoms with Crippen molar-refractivity contribution in [2.24, 2.45) is 0 Å². The van der Waals surface area contributed by atoms with Crippen LogP contribution in [-0.2, 0) is 21.4 Å². The zero-order valence-electron chi connectivity index (χ0n) is 21.0. The molecule has 0 radical (unpaired) electrons. The molecule has 5 rings (SSSR count). The molecule has 13 heteroatoms. The van der Waals surface area contributed by atoms with Crippen molar-refractivity contribution in [2.75, 3.05) is 12.0 Å². The van der Waals surface area contributed by atoms with Gasteiger partial charge in [-0.25, -0.2) is 41.1 Å². The van der Waals surface area contributed by atoms with Gasteiger partial charge in [0.05, 0.1) is 17.3 Å². The molecule has 5 aromatic rings. The SMILES string of the molecule is Cc1ccc(S(=O)(=O)n2cc(-c3ncc(F)c(NN(CC(=O)O)Cc4ccccc4)n3)c3cc(F)cnc32)cc1. The van der Waals surface area contributed by atoms with Crippen molar-refractivity contribution in [3.05, 3.63) is 102 Å². The van der Waals surface area contributed by atoms with Crippen LogP contribution in [0, 0.1) is 18.6 Å². The molecular formula is C27H22F2N6O4S. The molecule has 204 valence electrons. The highest BCUT2D eigenvalue weighted by atomic mass is 32.2. The Kier molecular flexibility index (Phi) is 7.24. The molecule has 0 spiro atoms. The maximum absolute atomic E-state index is 14.8. The van der Waals surface area contributed by atoms with Crippen LogP contribution in [0.4, 0.5) is 14.6 Å². The lowest BCUT2D eigenvalue weighted by Gasteiger charge is -2.22. The monoisotopic (exact) mass is 564 g/mol. The molecule has 0 amide bonds. The van der Waals surface area contributed by atoms with E-state index in [1.165, 1.54) is 23.3 Å². The minimum absolute atomic E-state index is 0.0136. The predicted molar refractivity (Wildman–Crippen MR) is 143 cm³/mol. The lowest BCUT2D eigenvalue weighted by atomic mass is 10.2. The van der Waals surface area contributed by atoms with Gasteiger partial charge in [0.1, 0.15) is 12.4 Å². The fourth-order valence-corrected chi connectivity index (χ4v) is 5.39. The van der Waals surface area contributed by atoms with E-state index < -0.39 is 34.2 Å². The van der Waals surface area contributed by atoms with Gasteiger partial charge in [-0.15, -0.1) is 0 Å². The molecule has 2 N–H and O–H groups in total. The molecule has 3 heterocycles. The number of hydrogen-bond donors (Lipinski definition) is 2. The number of carboxylic acid groups (broad SMARTS) is 1. The van der Waals surface area contributed by atoms with Crippen LogP contribution >= 0.6 is 0 Å². The lowest BCUT2D eigenvalue weighted by molar-refractivity contribution is -0.138. The van der Waals surface area contributed by atoms with Gasteiger partial charge in [0.2, 0.25) is 0 Å². The van der Waals surface area contributed by atoms with Crippen molar-refractivity contribution in [1.82, 2.24) is 23.9 Å². The average molecular weight is 565 g/mol. The van der Waals surface area contributed by atoms with Crippen LogP contribution in [0.15, 0.2) is 84.1 Å². The first-order valence-corrected chi connectivity index (χ1v) is 13.3. The van der Waals surface area contributed by atoms with Crippen LogP contribution < -0.4 is 5.43 Å². The van der Waals surface area contributed by atoms with E-state index in [1.807, 2.05) is 13.0 Å². The van der Waals surface area contributed by atoms with Gasteiger partial charge in [-0.3, -0.25) is 10.2 Å². The molecule has 0 aliphatic heterocycles. The number of carbonyl (C=O) groups is 1. The smallest absolute Gasteiger partial charge is 0.319 e. The highest BCUT2D eigenvalue weighted by Gasteiger charge is 2.25. The minimum atomic E-state index is -4.15. The number of pyridine rings is 1. The third kappa shape index (κ3) is 5.51. The number of aromatic nitrogens is 4. The fourth-order valence-electron chi connectivity index (χ4n) is 4.07. The quantitative estimate of drug-likeness (QED) is 0.253. The van der Waals surface area contributed by atoms with Gasteiger partial charge >= 0.3 is 5.97 Å². The fraction of sp³-hybridized carbons (Fsp3) is 0.111. The van der Waals surface area contributed by atoms with Gasteiger partial charge < -0.3 is 5.11 Å². The Morgan fingerprint density at radius 1 is 1.05 bits per heavy atom. The number of nitrogens with zero attached hydrogens (tertiary/aromatic N) is 5. The second kappa shape index (κ2) is 10.8. The van der Waals surface area contributed by atoms with Crippen LogP contribution in [0.2, 0.25) is 0 Å². The van der Waals surface area contributed by atoms with E-state index in [2.05, 4.69) is 20.4 Å². The standard InChI is InChI=1S/C27H22F2N6O4S/c1-17-7-9-20(10-8-17)40(38,39)35-15-22(21-11-19(28)12-31-27(21)35)25-30-13-23(29)26(32-25)33-34(16-24(36)37)14-18-5-3-2-4-6-18/h2-13,15H,14,16H2,1H3,(H,36,37)(H,30,32,33). The number of anilines is 1. The summed E-state index contributed by atoms with van der Waals surface area (Å²) < 4.78 is 56.9. The molecule has 0 aliphatic rings. The number of nitrogens with one attached hydrogen (secondary N) is 1. The number of hydrazine groups is 1. The summed E-state index contributed by atoms with van der Waals surface area (Å²) in [7, 11) is -4.15. The molecule has 10 nitrogen and oxygen atoms in total. The molecule has 0 saturated heterocycles. The van der Waals surface area contributed by atoms with Crippen LogP contribution in [0.1, 0.15) is 11.1 Å². The number of hydrogen-bond acceptors (Lipinski definition) is 8. The second-order valence-corrected chi connectivity index (χ2v) is 10.7. The molecule has 0 bridgehead atoms. The van der Waals surface area contributed by atoms with Gasteiger partial charge in [-0.2, -0.15) is 0 Å². The van der Waals surface area contributed by atoms with E-state index in [4.69, 9.17) is 0 Å². The Morgan fingerprint density at radius 2 is 1.77 bits per heavy atom. The maximum Gasteiger partial charge on any atom is 0.319 e. The van der Waals surface area contributed by atoms with E-state index in [0.29, 0.717) is 0 Å². The van der Waals surface area contributed by atoms with E-state index in [1.54, 1.807) is 36.4 Å². The Bertz CT molecular complexity index is 1810. The summed E-state index contributed by atoms with van der Waals surface area (Å²) >= 11 is 0. The zero-order valence-corrected chi connectivity index (χ0v) is 21.8. The molecule has 2 aromatic carbocycles. The van der Waals surface area contributed by atoms with Crippen molar-refractivity contribution in [3.63, 3.8) is 0 Å². The molecule has 40 heavy (non-hydrogen) atoms. The summed E-state index contributed by atoms with van der Waals surface area (Å²) in [6.07, 6.45) is 2.94. The van der Waals surface area contributed by atoms with Gasteiger partial charge in [0.15, 0.2) is 23.1 Å². The van der Waals surface area contributed by atoms with E-state index in [9.17, 15) is 27.1 Å². The molecule has 0 atom stereocenters. The first kappa shape index (κ1) is 26.8. The molecule has 0 aliphatic carbocycles. The first-order valence-electron chi connectivity index (χ1n) is 11.9. The number of fused-ring (bicyclic) bond motifs is 1. The molecular weight excluding hydrogens is 542 g/mol. The molecule has 3 aromatic heterocycles. The predicted octanol–water partition coefficient (Wildman–Crippen LogP) is 4.23. The summed E-state index contributed by atoms with van der Waals surface area (Å²) in [5, 5.41) is 10.7. The largest absolute Gasteiger partial charge is 0.480 e. The number of benzene rings is 2. The van der Waals surface area contributed by atoms with Crippen molar-refractivity contribution < 1.29 is 27.1 Å². The highest BCUT2D eigenvalue weighted by Crippen LogP contribution is 2.31. The van der Waals surface area contributed by atoms with Crippen molar-refractivity contribution in [3.8, 4) is 11.4 Å². The van der Waals surface area contributed by atoms with E-state index in [0.717, 1.165) is 33.6 Å². The third-order valence-corrected chi connectivity index (χ3v) is 7.61. The minimum Gasteiger partial charge on any atom is -0.480 e. The summed E-state index contributed by atoms with van der Waals surface area (Å²) in [5.74, 6) is -3.25. The van der Waals surface area contributed by atoms with Crippen molar-refractivity contribution in [2.45, 2.75) is 18.4 Å². The number of rotatable bonds is 9. The van der Waals surface area contributed by atoms with Gasteiger partial charge in [0.25, 0.3) is 10.0 Å². The topological polar surface area (TPSA) is 130 Å². The summed E-state index contributed by atoms with van der Waals surface area (Å²) in [6.45, 7) is 1.44. The second-order valence-electron chi connectivity index (χ2n) is 8.92. The van der Waals surface area contributed by atoms with Crippen molar-refractivity contribution >= 4 is 32.8 Å². The number of aryl methyl sites for hydroxylation is 1. The Hall–Kier alpha value is -4.75. The normalized spacial score (nSPS) is 11.7. The first-order chi connectivity index (χ1) is 19.1. The summed E-state index contributed by atoms with van der Waals surface area (Å²) in [6, 6.07) is 16.2. The lowest BCUT2D eigenvalue weighted by Crippen LogP contribution is -2.35. The van der Waals surface area contributed by atoms with Crippen LogP contribution in [-0.4, -0.2) is 50.0 Å². The Morgan fingerprint density at radius 3 is 2.48 bits per heavy atom. The van der Waals surface area contributed by atoms with Gasteiger partial charge in [-0.05, 0) is 30.7 Å². The third-order valence-electron chi connectivity index (χ3n) is 5.95. The maximum atomic E-state index is 14.8.